The molecule has 3 nitrogen and oxygen atoms in total. The Labute approximate surface area is 109 Å². The lowest BCUT2D eigenvalue weighted by Crippen LogP contribution is -2.29. The van der Waals surface area contributed by atoms with Gasteiger partial charge in [-0.2, -0.15) is 0 Å². The summed E-state index contributed by atoms with van der Waals surface area (Å²) in [7, 11) is -2.77. The standard InChI is InChI=1S/C12H17NO2S.ClH/c1-10-2-4-11(5-3-10)8-13-12-6-7-16(14,15)9-12;/h2-5,12-13H,6-9H2,1H3;1H. The maximum atomic E-state index is 11.3. The third-order valence-corrected chi connectivity index (χ3v) is 4.72. The molecule has 17 heavy (non-hydrogen) atoms. The third kappa shape index (κ3) is 4.30. The Morgan fingerprint density at radius 3 is 2.47 bits per heavy atom. The number of halogens is 1. The summed E-state index contributed by atoms with van der Waals surface area (Å²) >= 11 is 0. The molecule has 1 aliphatic rings. The van der Waals surface area contributed by atoms with Crippen LogP contribution in [0.5, 0.6) is 0 Å². The van der Waals surface area contributed by atoms with E-state index in [2.05, 4.69) is 36.5 Å². The van der Waals surface area contributed by atoms with Crippen LogP contribution in [0.3, 0.4) is 0 Å². The molecule has 0 spiro atoms. The number of hydrogen-bond donors (Lipinski definition) is 1. The monoisotopic (exact) mass is 275 g/mol. The Hall–Kier alpha value is -0.580. The maximum Gasteiger partial charge on any atom is 0.151 e. The first-order valence-electron chi connectivity index (χ1n) is 5.54. The Bertz CT molecular complexity index is 456. The van der Waals surface area contributed by atoms with Crippen molar-refractivity contribution in [1.82, 2.24) is 5.32 Å². The minimum atomic E-state index is -2.77. The summed E-state index contributed by atoms with van der Waals surface area (Å²) in [5, 5.41) is 3.29. The van der Waals surface area contributed by atoms with E-state index >= 15 is 0 Å². The Morgan fingerprint density at radius 2 is 1.94 bits per heavy atom. The summed E-state index contributed by atoms with van der Waals surface area (Å²) in [5.41, 5.74) is 2.45. The van der Waals surface area contributed by atoms with Gasteiger partial charge in [0.05, 0.1) is 11.5 Å². The molecular formula is C12H18ClNO2S. The molecule has 0 bridgehead atoms. The predicted molar refractivity (Wildman–Crippen MR) is 72.3 cm³/mol. The summed E-state index contributed by atoms with van der Waals surface area (Å²) in [6.45, 7) is 2.81. The molecule has 1 unspecified atom stereocenters. The van der Waals surface area contributed by atoms with Crippen LogP contribution in [-0.2, 0) is 16.4 Å². The molecule has 1 aromatic rings. The topological polar surface area (TPSA) is 46.2 Å². The molecule has 1 atom stereocenters. The molecule has 1 fully saturated rings. The minimum absolute atomic E-state index is 0. The van der Waals surface area contributed by atoms with Crippen molar-refractivity contribution in [2.45, 2.75) is 25.9 Å². The molecule has 96 valence electrons. The van der Waals surface area contributed by atoms with Gasteiger partial charge in [0.15, 0.2) is 9.84 Å². The van der Waals surface area contributed by atoms with Crippen LogP contribution in [0.2, 0.25) is 0 Å². The number of benzene rings is 1. The van der Waals surface area contributed by atoms with Gasteiger partial charge in [-0.15, -0.1) is 12.4 Å². The van der Waals surface area contributed by atoms with E-state index in [1.165, 1.54) is 11.1 Å². The third-order valence-electron chi connectivity index (χ3n) is 2.95. The van der Waals surface area contributed by atoms with Crippen molar-refractivity contribution >= 4 is 22.2 Å². The molecule has 0 radical (unpaired) electrons. The van der Waals surface area contributed by atoms with Gasteiger partial charge in [0.2, 0.25) is 0 Å². The maximum absolute atomic E-state index is 11.3. The van der Waals surface area contributed by atoms with Crippen LogP contribution in [0.25, 0.3) is 0 Å². The van der Waals surface area contributed by atoms with Crippen LogP contribution in [0.15, 0.2) is 24.3 Å². The van der Waals surface area contributed by atoms with Crippen LogP contribution in [0.4, 0.5) is 0 Å². The number of nitrogens with one attached hydrogen (secondary N) is 1. The van der Waals surface area contributed by atoms with E-state index in [0.29, 0.717) is 11.5 Å². The fourth-order valence-corrected chi connectivity index (χ4v) is 3.63. The highest BCUT2D eigenvalue weighted by atomic mass is 35.5. The first-order valence-corrected chi connectivity index (χ1v) is 7.37. The van der Waals surface area contributed by atoms with Crippen molar-refractivity contribution in [3.8, 4) is 0 Å². The van der Waals surface area contributed by atoms with Gasteiger partial charge in [-0.25, -0.2) is 8.42 Å². The normalized spacial score (nSPS) is 22.1. The SMILES string of the molecule is Cc1ccc(CNC2CCS(=O)(=O)C2)cc1.Cl. The average Bonchev–Trinajstić information content (AvgIpc) is 2.58. The van der Waals surface area contributed by atoms with Crippen molar-refractivity contribution < 1.29 is 8.42 Å². The molecular weight excluding hydrogens is 258 g/mol. The van der Waals surface area contributed by atoms with Crippen LogP contribution in [0, 0.1) is 6.92 Å². The van der Waals surface area contributed by atoms with Gasteiger partial charge >= 0.3 is 0 Å². The Kier molecular flexibility index (Phi) is 4.98. The summed E-state index contributed by atoms with van der Waals surface area (Å²) in [4.78, 5) is 0. The highest BCUT2D eigenvalue weighted by Crippen LogP contribution is 2.12. The quantitative estimate of drug-likeness (QED) is 0.913. The molecule has 0 aromatic heterocycles. The van der Waals surface area contributed by atoms with Gasteiger partial charge in [-0.1, -0.05) is 29.8 Å². The predicted octanol–water partition coefficient (Wildman–Crippen LogP) is 1.69. The molecule has 0 amide bonds. The highest BCUT2D eigenvalue weighted by Gasteiger charge is 2.27. The zero-order valence-electron chi connectivity index (χ0n) is 9.85. The lowest BCUT2D eigenvalue weighted by atomic mass is 10.1. The molecule has 1 N–H and O–H groups in total. The van der Waals surface area contributed by atoms with Gasteiger partial charge < -0.3 is 5.32 Å². The van der Waals surface area contributed by atoms with E-state index in [-0.39, 0.29) is 18.4 Å². The summed E-state index contributed by atoms with van der Waals surface area (Å²) in [6.07, 6.45) is 0.744. The molecule has 1 saturated heterocycles. The summed E-state index contributed by atoms with van der Waals surface area (Å²) < 4.78 is 22.5. The number of aryl methyl sites for hydroxylation is 1. The van der Waals surface area contributed by atoms with E-state index in [9.17, 15) is 8.42 Å². The first-order chi connectivity index (χ1) is 7.55. The van der Waals surface area contributed by atoms with E-state index in [1.807, 2.05) is 0 Å². The van der Waals surface area contributed by atoms with Crippen molar-refractivity contribution in [3.05, 3.63) is 35.4 Å². The highest BCUT2D eigenvalue weighted by molar-refractivity contribution is 7.91. The van der Waals surface area contributed by atoms with Crippen LogP contribution in [0.1, 0.15) is 17.5 Å². The Morgan fingerprint density at radius 1 is 1.29 bits per heavy atom. The van der Waals surface area contributed by atoms with E-state index < -0.39 is 9.84 Å². The lowest BCUT2D eigenvalue weighted by molar-refractivity contribution is 0.554. The number of sulfone groups is 1. The molecule has 0 aliphatic carbocycles. The van der Waals surface area contributed by atoms with Crippen molar-refractivity contribution in [2.24, 2.45) is 0 Å². The van der Waals surface area contributed by atoms with Gasteiger partial charge in [0, 0.05) is 12.6 Å². The van der Waals surface area contributed by atoms with Crippen molar-refractivity contribution in [2.75, 3.05) is 11.5 Å². The Balaban J connectivity index is 0.00000144. The van der Waals surface area contributed by atoms with E-state index in [0.717, 1.165) is 13.0 Å². The number of hydrogen-bond acceptors (Lipinski definition) is 3. The van der Waals surface area contributed by atoms with E-state index in [1.54, 1.807) is 0 Å². The van der Waals surface area contributed by atoms with Gasteiger partial charge in [-0.05, 0) is 18.9 Å². The molecule has 1 aromatic carbocycles. The van der Waals surface area contributed by atoms with Crippen LogP contribution >= 0.6 is 12.4 Å². The second-order valence-corrected chi connectivity index (χ2v) is 6.70. The summed E-state index contributed by atoms with van der Waals surface area (Å²) in [5.74, 6) is 0.622. The fourth-order valence-electron chi connectivity index (χ4n) is 1.92. The molecule has 0 saturated carbocycles. The van der Waals surface area contributed by atoms with Crippen LogP contribution < -0.4 is 5.32 Å². The van der Waals surface area contributed by atoms with E-state index in [4.69, 9.17) is 0 Å². The molecule has 1 heterocycles. The average molecular weight is 276 g/mol. The lowest BCUT2D eigenvalue weighted by Gasteiger charge is -2.10. The zero-order chi connectivity index (χ0) is 11.6. The minimum Gasteiger partial charge on any atom is -0.309 e. The second-order valence-electron chi connectivity index (χ2n) is 4.47. The molecule has 1 aliphatic heterocycles. The molecule has 2 rings (SSSR count). The zero-order valence-corrected chi connectivity index (χ0v) is 11.5. The fraction of sp³-hybridized carbons (Fsp3) is 0.500. The van der Waals surface area contributed by atoms with Crippen molar-refractivity contribution in [3.63, 3.8) is 0 Å². The van der Waals surface area contributed by atoms with Gasteiger partial charge in [0.25, 0.3) is 0 Å². The molecule has 5 heteroatoms. The van der Waals surface area contributed by atoms with Gasteiger partial charge in [0.1, 0.15) is 0 Å². The van der Waals surface area contributed by atoms with Crippen LogP contribution in [-0.4, -0.2) is 26.0 Å². The van der Waals surface area contributed by atoms with Gasteiger partial charge in [-0.3, -0.25) is 0 Å². The smallest absolute Gasteiger partial charge is 0.151 e. The largest absolute Gasteiger partial charge is 0.309 e. The number of rotatable bonds is 3. The second kappa shape index (κ2) is 5.85. The van der Waals surface area contributed by atoms with Crippen molar-refractivity contribution in [1.29, 1.82) is 0 Å². The summed E-state index contributed by atoms with van der Waals surface area (Å²) in [6, 6.07) is 8.42. The first kappa shape index (κ1) is 14.5.